The second-order valence-corrected chi connectivity index (χ2v) is 11.5. The molecule has 41 heavy (non-hydrogen) atoms. The molecule has 0 spiro atoms. The van der Waals surface area contributed by atoms with Crippen LogP contribution in [0.5, 0.6) is 0 Å². The van der Waals surface area contributed by atoms with E-state index in [1.54, 1.807) is 20.8 Å². The molecule has 3 rings (SSSR count). The van der Waals surface area contributed by atoms with Crippen molar-refractivity contribution in [2.75, 3.05) is 26.3 Å². The molecular formula is C31H44N3O7-. The Morgan fingerprint density at radius 3 is 2.12 bits per heavy atom. The fourth-order valence-corrected chi connectivity index (χ4v) is 5.04. The van der Waals surface area contributed by atoms with Gasteiger partial charge in [-0.2, -0.15) is 0 Å². The third-order valence-corrected chi connectivity index (χ3v) is 7.00. The Kier molecular flexibility index (Phi) is 12.4. The van der Waals surface area contributed by atoms with E-state index >= 15 is 0 Å². The summed E-state index contributed by atoms with van der Waals surface area (Å²) in [6.45, 7) is 6.16. The molecule has 0 radical (unpaired) electrons. The lowest BCUT2D eigenvalue weighted by molar-refractivity contribution is -0.274. The van der Waals surface area contributed by atoms with Crippen molar-refractivity contribution in [1.29, 1.82) is 0 Å². The Balaban J connectivity index is 1.69. The number of carbonyl (C=O) groups excluding carboxylic acids is 2. The van der Waals surface area contributed by atoms with Gasteiger partial charge >= 0.3 is 6.09 Å². The highest BCUT2D eigenvalue weighted by molar-refractivity contribution is 5.68. The number of nitrogens with zero attached hydrogens (tertiary/aromatic N) is 1. The number of carbonyl (C=O) groups is 2. The first-order chi connectivity index (χ1) is 19.5. The van der Waals surface area contributed by atoms with Gasteiger partial charge in [-0.15, -0.1) is 0 Å². The zero-order valence-corrected chi connectivity index (χ0v) is 24.2. The molecule has 2 amide bonds. The fraction of sp³-hybridized carbons (Fsp3) is 0.548. The smallest absolute Gasteiger partial charge is 0.407 e. The minimum absolute atomic E-state index is 0.0103. The van der Waals surface area contributed by atoms with Crippen LogP contribution in [0.3, 0.4) is 0 Å². The average molecular weight is 571 g/mol. The summed E-state index contributed by atoms with van der Waals surface area (Å²) < 4.78 is 10.9. The Bertz CT molecular complexity index is 1060. The molecule has 1 heterocycles. The normalized spacial score (nSPS) is 18.5. The number of hydrogen-bond acceptors (Lipinski definition) is 8. The third kappa shape index (κ3) is 11.0. The van der Waals surface area contributed by atoms with Crippen molar-refractivity contribution in [2.24, 2.45) is 0 Å². The van der Waals surface area contributed by atoms with Gasteiger partial charge in [-0.05, 0) is 57.6 Å². The summed E-state index contributed by atoms with van der Waals surface area (Å²) in [6.07, 6.45) is -2.13. The highest BCUT2D eigenvalue weighted by Gasteiger charge is 2.33. The van der Waals surface area contributed by atoms with Gasteiger partial charge in [-0.25, -0.2) is 4.79 Å². The molecule has 1 fully saturated rings. The Morgan fingerprint density at radius 2 is 1.59 bits per heavy atom. The number of amides is 2. The van der Waals surface area contributed by atoms with Gasteiger partial charge in [0.25, 0.3) is 0 Å². The van der Waals surface area contributed by atoms with Gasteiger partial charge in [0.15, 0.2) is 0 Å². The van der Waals surface area contributed by atoms with Crippen LogP contribution in [-0.2, 0) is 22.3 Å². The molecule has 1 unspecified atom stereocenters. The number of aliphatic hydroxyl groups is 2. The highest BCUT2D eigenvalue weighted by Crippen LogP contribution is 2.21. The van der Waals surface area contributed by atoms with E-state index in [-0.39, 0.29) is 26.1 Å². The highest BCUT2D eigenvalue weighted by atomic mass is 16.6. The Labute approximate surface area is 242 Å². The molecule has 0 saturated carbocycles. The molecule has 0 bridgehead atoms. The number of benzene rings is 2. The van der Waals surface area contributed by atoms with Gasteiger partial charge in [0, 0.05) is 19.7 Å². The molecule has 2 aromatic rings. The molecule has 1 aliphatic rings. The van der Waals surface area contributed by atoms with E-state index < -0.39 is 48.1 Å². The first kappa shape index (κ1) is 32.3. The van der Waals surface area contributed by atoms with Crippen molar-refractivity contribution in [3.8, 4) is 0 Å². The summed E-state index contributed by atoms with van der Waals surface area (Å²) in [5.41, 5.74) is 1.11. The number of nitrogens with one attached hydrogen (secondary N) is 2. The standard InChI is InChI=1S/C31H45N3O7/c1-31(2,3)41-29(37)33-25(17-22-11-6-4-7-12-22)27(35)19-32-20-28(36)26(18-23-13-8-5-9-14-23)34(30(38)39)24-15-10-16-40-21-24/h4-9,11-14,24-28,32,35-36H,10,15-21H2,1-3H3,(H,33,37)(H,38,39)/p-1/t24?,25-,26-,27+,28+/m0/s1. The van der Waals surface area contributed by atoms with Crippen LogP contribution in [0.25, 0.3) is 0 Å². The van der Waals surface area contributed by atoms with E-state index in [1.165, 1.54) is 4.90 Å². The van der Waals surface area contributed by atoms with Crippen LogP contribution in [0.2, 0.25) is 0 Å². The summed E-state index contributed by atoms with van der Waals surface area (Å²) in [5.74, 6) is 0. The molecule has 10 heteroatoms. The van der Waals surface area contributed by atoms with E-state index in [2.05, 4.69) is 10.6 Å². The molecule has 1 saturated heterocycles. The molecule has 5 atom stereocenters. The predicted octanol–water partition coefficient (Wildman–Crippen LogP) is 1.87. The van der Waals surface area contributed by atoms with Crippen LogP contribution in [-0.4, -0.2) is 89.5 Å². The van der Waals surface area contributed by atoms with Crippen molar-refractivity contribution < 1.29 is 34.4 Å². The van der Waals surface area contributed by atoms with E-state index in [0.717, 1.165) is 17.5 Å². The van der Waals surface area contributed by atoms with Crippen molar-refractivity contribution in [3.63, 3.8) is 0 Å². The zero-order valence-electron chi connectivity index (χ0n) is 24.2. The van der Waals surface area contributed by atoms with Gasteiger partial charge in [-0.3, -0.25) is 0 Å². The Hall–Kier alpha value is -3.18. The maximum atomic E-state index is 12.5. The van der Waals surface area contributed by atoms with Crippen LogP contribution in [0.15, 0.2) is 60.7 Å². The van der Waals surface area contributed by atoms with Crippen LogP contribution >= 0.6 is 0 Å². The average Bonchev–Trinajstić information content (AvgIpc) is 2.92. The topological polar surface area (TPSA) is 143 Å². The van der Waals surface area contributed by atoms with Crippen molar-refractivity contribution in [3.05, 3.63) is 71.8 Å². The van der Waals surface area contributed by atoms with Crippen LogP contribution in [0.1, 0.15) is 44.7 Å². The predicted molar refractivity (Wildman–Crippen MR) is 153 cm³/mol. The lowest BCUT2D eigenvalue weighted by Crippen LogP contribution is -2.60. The maximum absolute atomic E-state index is 12.5. The summed E-state index contributed by atoms with van der Waals surface area (Å²) in [6, 6.07) is 17.0. The summed E-state index contributed by atoms with van der Waals surface area (Å²) in [5, 5.41) is 40.5. The molecule has 4 N–H and O–H groups in total. The monoisotopic (exact) mass is 570 g/mol. The molecule has 226 valence electrons. The molecule has 0 aromatic heterocycles. The lowest BCUT2D eigenvalue weighted by atomic mass is 9.96. The lowest BCUT2D eigenvalue weighted by Gasteiger charge is -2.43. The zero-order chi connectivity index (χ0) is 29.8. The summed E-state index contributed by atoms with van der Waals surface area (Å²) >= 11 is 0. The van der Waals surface area contributed by atoms with Gasteiger partial charge < -0.3 is 45.1 Å². The van der Waals surface area contributed by atoms with Crippen LogP contribution < -0.4 is 15.7 Å². The van der Waals surface area contributed by atoms with Crippen molar-refractivity contribution in [1.82, 2.24) is 15.5 Å². The number of hydrogen-bond donors (Lipinski definition) is 4. The molecule has 0 aliphatic carbocycles. The van der Waals surface area contributed by atoms with E-state index in [1.807, 2.05) is 60.7 Å². The van der Waals surface area contributed by atoms with Crippen molar-refractivity contribution in [2.45, 2.75) is 82.4 Å². The van der Waals surface area contributed by atoms with E-state index in [4.69, 9.17) is 9.47 Å². The molecule has 1 aliphatic heterocycles. The van der Waals surface area contributed by atoms with Crippen LogP contribution in [0, 0.1) is 0 Å². The summed E-state index contributed by atoms with van der Waals surface area (Å²) in [7, 11) is 0. The Morgan fingerprint density at radius 1 is 1.00 bits per heavy atom. The third-order valence-electron chi connectivity index (χ3n) is 7.00. The largest absolute Gasteiger partial charge is 0.530 e. The quantitative estimate of drug-likeness (QED) is 0.286. The second-order valence-electron chi connectivity index (χ2n) is 11.5. The molecule has 10 nitrogen and oxygen atoms in total. The maximum Gasteiger partial charge on any atom is 0.407 e. The van der Waals surface area contributed by atoms with Gasteiger partial charge in [0.1, 0.15) is 11.7 Å². The molecular weight excluding hydrogens is 526 g/mol. The number of alkyl carbamates (subject to hydrolysis) is 1. The summed E-state index contributed by atoms with van der Waals surface area (Å²) in [4.78, 5) is 26.1. The van der Waals surface area contributed by atoms with Gasteiger partial charge in [-0.1, -0.05) is 60.7 Å². The molecule has 2 aromatic carbocycles. The second kappa shape index (κ2) is 15.7. The number of rotatable bonds is 13. The number of ether oxygens (including phenoxy) is 2. The number of carboxylic acid groups (broad SMARTS) is 1. The van der Waals surface area contributed by atoms with E-state index in [9.17, 15) is 24.9 Å². The first-order valence-electron chi connectivity index (χ1n) is 14.2. The minimum Gasteiger partial charge on any atom is -0.530 e. The van der Waals surface area contributed by atoms with E-state index in [0.29, 0.717) is 19.4 Å². The minimum atomic E-state index is -1.36. The first-order valence-corrected chi connectivity index (χ1v) is 14.2. The van der Waals surface area contributed by atoms with Crippen molar-refractivity contribution >= 4 is 12.2 Å². The van der Waals surface area contributed by atoms with Crippen LogP contribution in [0.4, 0.5) is 9.59 Å². The van der Waals surface area contributed by atoms with Gasteiger partial charge in [0.2, 0.25) is 0 Å². The van der Waals surface area contributed by atoms with Gasteiger partial charge in [0.05, 0.1) is 36.9 Å². The fourth-order valence-electron chi connectivity index (χ4n) is 5.04. The number of aliphatic hydroxyl groups excluding tert-OH is 2. The SMILES string of the molecule is CC(C)(C)OC(=O)N[C@@H](Cc1ccccc1)[C@H](O)CNC[C@@H](O)[C@H](Cc1ccccc1)N(C(=O)[O-])C1CCCOC1.